The number of hydrazone groups is 1. The first-order valence-corrected chi connectivity index (χ1v) is 11.5. The second-order valence-corrected chi connectivity index (χ2v) is 8.41. The van der Waals surface area contributed by atoms with E-state index in [1.54, 1.807) is 36.4 Å². The van der Waals surface area contributed by atoms with Crippen LogP contribution < -0.4 is 20.2 Å². The van der Waals surface area contributed by atoms with Crippen LogP contribution in [-0.4, -0.2) is 31.2 Å². The molecule has 3 aromatic rings. The predicted molar refractivity (Wildman–Crippen MR) is 137 cm³/mol. The van der Waals surface area contributed by atoms with Crippen molar-refractivity contribution >= 4 is 57.9 Å². The molecule has 0 spiro atoms. The SMILES string of the molecule is CCOc1cc(/C=N\NC(=O)c2ccc(Cl)cc2)cc(I)c1OCC(=O)Nc1ccc(F)cc1. The Labute approximate surface area is 214 Å². The van der Waals surface area contributed by atoms with E-state index < -0.39 is 11.7 Å². The number of hydrogen-bond donors (Lipinski definition) is 2. The summed E-state index contributed by atoms with van der Waals surface area (Å²) < 4.78 is 25.1. The third-order valence-electron chi connectivity index (χ3n) is 4.29. The second-order valence-electron chi connectivity index (χ2n) is 6.81. The third kappa shape index (κ3) is 7.42. The van der Waals surface area contributed by atoms with Gasteiger partial charge in [-0.2, -0.15) is 5.10 Å². The summed E-state index contributed by atoms with van der Waals surface area (Å²) in [5.41, 5.74) is 4.00. The lowest BCUT2D eigenvalue weighted by atomic mass is 10.2. The molecule has 0 aliphatic rings. The van der Waals surface area contributed by atoms with Gasteiger partial charge in [0, 0.05) is 16.3 Å². The number of anilines is 1. The highest BCUT2D eigenvalue weighted by Crippen LogP contribution is 2.34. The highest BCUT2D eigenvalue weighted by atomic mass is 127. The van der Waals surface area contributed by atoms with Gasteiger partial charge < -0.3 is 14.8 Å². The summed E-state index contributed by atoms with van der Waals surface area (Å²) in [4.78, 5) is 24.4. The summed E-state index contributed by atoms with van der Waals surface area (Å²) in [5, 5.41) is 7.16. The molecule has 2 N–H and O–H groups in total. The van der Waals surface area contributed by atoms with Gasteiger partial charge in [0.1, 0.15) is 5.82 Å². The summed E-state index contributed by atoms with van der Waals surface area (Å²) in [6, 6.07) is 15.3. The molecule has 0 saturated carbocycles. The van der Waals surface area contributed by atoms with Gasteiger partial charge in [-0.3, -0.25) is 9.59 Å². The van der Waals surface area contributed by atoms with Gasteiger partial charge in [-0.15, -0.1) is 0 Å². The molecule has 10 heteroatoms. The molecule has 34 heavy (non-hydrogen) atoms. The highest BCUT2D eigenvalue weighted by Gasteiger charge is 2.14. The van der Waals surface area contributed by atoms with Crippen molar-refractivity contribution in [2.75, 3.05) is 18.5 Å². The van der Waals surface area contributed by atoms with Gasteiger partial charge in [0.05, 0.1) is 16.4 Å². The Morgan fingerprint density at radius 3 is 2.47 bits per heavy atom. The Morgan fingerprint density at radius 1 is 1.09 bits per heavy atom. The maximum Gasteiger partial charge on any atom is 0.271 e. The predicted octanol–water partition coefficient (Wildman–Crippen LogP) is 5.26. The van der Waals surface area contributed by atoms with Crippen LogP contribution in [-0.2, 0) is 4.79 Å². The smallest absolute Gasteiger partial charge is 0.271 e. The number of rotatable bonds is 9. The van der Waals surface area contributed by atoms with Crippen molar-refractivity contribution in [2.45, 2.75) is 6.92 Å². The van der Waals surface area contributed by atoms with Crippen molar-refractivity contribution in [2.24, 2.45) is 5.10 Å². The molecule has 176 valence electrons. The molecule has 0 aromatic heterocycles. The van der Waals surface area contributed by atoms with E-state index in [1.807, 2.05) is 6.92 Å². The second kappa shape index (κ2) is 12.3. The van der Waals surface area contributed by atoms with Gasteiger partial charge in [-0.1, -0.05) is 11.6 Å². The molecule has 0 saturated heterocycles. The zero-order chi connectivity index (χ0) is 24.5. The quantitative estimate of drug-likeness (QED) is 0.201. The molecule has 0 fully saturated rings. The van der Waals surface area contributed by atoms with Crippen molar-refractivity contribution in [3.63, 3.8) is 0 Å². The zero-order valence-corrected chi connectivity index (χ0v) is 20.9. The number of carbonyl (C=O) groups is 2. The lowest BCUT2D eigenvalue weighted by Crippen LogP contribution is -2.20. The van der Waals surface area contributed by atoms with Crippen molar-refractivity contribution in [3.8, 4) is 11.5 Å². The molecule has 0 radical (unpaired) electrons. The van der Waals surface area contributed by atoms with E-state index in [0.29, 0.717) is 43.5 Å². The van der Waals surface area contributed by atoms with Crippen LogP contribution in [0.3, 0.4) is 0 Å². The first-order valence-electron chi connectivity index (χ1n) is 10.1. The molecule has 7 nitrogen and oxygen atoms in total. The van der Waals surface area contributed by atoms with Crippen molar-refractivity contribution < 1.29 is 23.5 Å². The monoisotopic (exact) mass is 595 g/mol. The highest BCUT2D eigenvalue weighted by molar-refractivity contribution is 14.1. The Kier molecular flexibility index (Phi) is 9.23. The topological polar surface area (TPSA) is 89.0 Å². The van der Waals surface area contributed by atoms with Crippen molar-refractivity contribution in [3.05, 3.63) is 86.2 Å². The fourth-order valence-corrected chi connectivity index (χ4v) is 3.67. The zero-order valence-electron chi connectivity index (χ0n) is 18.0. The van der Waals surface area contributed by atoms with Crippen LogP contribution >= 0.6 is 34.2 Å². The van der Waals surface area contributed by atoms with Crippen LogP contribution in [0.2, 0.25) is 5.02 Å². The van der Waals surface area contributed by atoms with E-state index in [0.717, 1.165) is 0 Å². The van der Waals surface area contributed by atoms with Gasteiger partial charge in [0.25, 0.3) is 11.8 Å². The standard InChI is InChI=1S/C24H20ClFIN3O4/c1-2-33-21-12-15(13-28-30-24(32)16-3-5-17(25)6-4-16)11-20(27)23(21)34-14-22(31)29-19-9-7-18(26)8-10-19/h3-13H,2,14H2,1H3,(H,29,31)(H,30,32)/b28-13-. The minimum atomic E-state index is -0.402. The largest absolute Gasteiger partial charge is 0.490 e. The van der Waals surface area contributed by atoms with Gasteiger partial charge in [-0.25, -0.2) is 9.82 Å². The lowest BCUT2D eigenvalue weighted by molar-refractivity contribution is -0.118. The molecule has 3 aromatic carbocycles. The van der Waals surface area contributed by atoms with Crippen LogP contribution in [0.1, 0.15) is 22.8 Å². The van der Waals surface area contributed by atoms with Crippen LogP contribution in [0.15, 0.2) is 65.8 Å². The van der Waals surface area contributed by atoms with E-state index in [2.05, 4.69) is 38.4 Å². The van der Waals surface area contributed by atoms with Gasteiger partial charge in [-0.05, 0) is 95.7 Å². The van der Waals surface area contributed by atoms with E-state index in [-0.39, 0.29) is 12.5 Å². The minimum absolute atomic E-state index is 0.266. The van der Waals surface area contributed by atoms with E-state index >= 15 is 0 Å². The van der Waals surface area contributed by atoms with Crippen LogP contribution in [0.25, 0.3) is 0 Å². The average molecular weight is 596 g/mol. The number of carbonyl (C=O) groups excluding carboxylic acids is 2. The first kappa shape index (κ1) is 25.4. The summed E-state index contributed by atoms with van der Waals surface area (Å²) in [5.74, 6) is -0.341. The molecule has 0 aliphatic heterocycles. The Bertz CT molecular complexity index is 1190. The van der Waals surface area contributed by atoms with Crippen molar-refractivity contribution in [1.29, 1.82) is 0 Å². The molecule has 0 unspecified atom stereocenters. The number of amides is 2. The molecule has 3 rings (SSSR count). The minimum Gasteiger partial charge on any atom is -0.490 e. The fourth-order valence-electron chi connectivity index (χ4n) is 2.76. The number of halogens is 3. The molecular formula is C24H20ClFIN3O4. The molecule has 0 heterocycles. The van der Waals surface area contributed by atoms with E-state index in [1.165, 1.54) is 30.5 Å². The van der Waals surface area contributed by atoms with Crippen LogP contribution in [0.5, 0.6) is 11.5 Å². The number of benzene rings is 3. The average Bonchev–Trinajstić information content (AvgIpc) is 2.80. The first-order chi connectivity index (χ1) is 16.4. The number of ether oxygens (including phenoxy) is 2. The van der Waals surface area contributed by atoms with E-state index in [4.69, 9.17) is 21.1 Å². The maximum absolute atomic E-state index is 13.0. The van der Waals surface area contributed by atoms with E-state index in [9.17, 15) is 14.0 Å². The fraction of sp³-hybridized carbons (Fsp3) is 0.125. The van der Waals surface area contributed by atoms with Crippen LogP contribution in [0, 0.1) is 9.39 Å². The molecule has 0 bridgehead atoms. The third-order valence-corrected chi connectivity index (χ3v) is 5.35. The van der Waals surface area contributed by atoms with Crippen LogP contribution in [0.4, 0.5) is 10.1 Å². The summed E-state index contributed by atoms with van der Waals surface area (Å²) in [6.45, 7) is 1.94. The molecule has 0 aliphatic carbocycles. The Hall–Kier alpha value is -3.18. The Balaban J connectivity index is 1.65. The summed E-state index contributed by atoms with van der Waals surface area (Å²) >= 11 is 7.89. The summed E-state index contributed by atoms with van der Waals surface area (Å²) in [7, 11) is 0. The lowest BCUT2D eigenvalue weighted by Gasteiger charge is -2.14. The number of nitrogens with zero attached hydrogens (tertiary/aromatic N) is 1. The molecule has 2 amide bonds. The van der Waals surface area contributed by atoms with Gasteiger partial charge >= 0.3 is 0 Å². The molecule has 0 atom stereocenters. The normalized spacial score (nSPS) is 10.7. The summed E-state index contributed by atoms with van der Waals surface area (Å²) in [6.07, 6.45) is 1.48. The maximum atomic E-state index is 13.0. The van der Waals surface area contributed by atoms with Gasteiger partial charge in [0.15, 0.2) is 18.1 Å². The number of hydrogen-bond acceptors (Lipinski definition) is 5. The molecular weight excluding hydrogens is 576 g/mol. The Morgan fingerprint density at radius 2 is 1.79 bits per heavy atom. The number of nitrogens with one attached hydrogen (secondary N) is 2. The van der Waals surface area contributed by atoms with Crippen molar-refractivity contribution in [1.82, 2.24) is 5.43 Å². The van der Waals surface area contributed by atoms with Gasteiger partial charge in [0.2, 0.25) is 0 Å².